The van der Waals surface area contributed by atoms with Gasteiger partial charge in [-0.05, 0) is 50.5 Å². The fourth-order valence-electron chi connectivity index (χ4n) is 5.06. The highest BCUT2D eigenvalue weighted by Gasteiger charge is 2.32. The standard InChI is InChI=1S/C26H35N3O3S/c1-21(2)29(24-12-6-7-13-24)26(30)23-11-8-14-25(19-23)33(31,32)28-17-15-27(16-18-28)20-22-9-4-3-5-10-22/h3-5,8-11,14,19,21,24H,6-7,12-13,15-18,20H2,1-2H3. The number of nitrogens with zero attached hydrogens (tertiary/aromatic N) is 3. The first-order valence-electron chi connectivity index (χ1n) is 12.1. The molecule has 6 nitrogen and oxygen atoms in total. The Balaban J connectivity index is 1.45. The van der Waals surface area contributed by atoms with Crippen LogP contribution in [0.2, 0.25) is 0 Å². The van der Waals surface area contributed by atoms with E-state index in [1.807, 2.05) is 36.9 Å². The van der Waals surface area contributed by atoms with Crippen LogP contribution in [0.4, 0.5) is 0 Å². The molecule has 0 unspecified atom stereocenters. The fourth-order valence-corrected chi connectivity index (χ4v) is 6.53. The topological polar surface area (TPSA) is 60.9 Å². The van der Waals surface area contributed by atoms with Crippen LogP contribution in [0.1, 0.15) is 55.5 Å². The van der Waals surface area contributed by atoms with Gasteiger partial charge in [0.1, 0.15) is 0 Å². The molecular formula is C26H35N3O3S. The van der Waals surface area contributed by atoms with E-state index < -0.39 is 10.0 Å². The van der Waals surface area contributed by atoms with Crippen LogP contribution in [-0.4, -0.2) is 66.7 Å². The van der Waals surface area contributed by atoms with Crippen LogP contribution in [-0.2, 0) is 16.6 Å². The highest BCUT2D eigenvalue weighted by molar-refractivity contribution is 7.89. The first-order valence-corrected chi connectivity index (χ1v) is 13.5. The average molecular weight is 470 g/mol. The molecule has 2 aromatic carbocycles. The molecule has 1 amide bonds. The molecule has 33 heavy (non-hydrogen) atoms. The molecule has 7 heteroatoms. The maximum atomic E-state index is 13.4. The Kier molecular flexibility index (Phi) is 7.51. The molecule has 0 radical (unpaired) electrons. The number of piperazine rings is 1. The minimum atomic E-state index is -3.64. The Morgan fingerprint density at radius 3 is 2.27 bits per heavy atom. The first kappa shape index (κ1) is 23.9. The van der Waals surface area contributed by atoms with Crippen molar-refractivity contribution >= 4 is 15.9 Å². The molecule has 1 saturated carbocycles. The summed E-state index contributed by atoms with van der Waals surface area (Å²) in [7, 11) is -3.64. The molecule has 1 heterocycles. The van der Waals surface area contributed by atoms with Gasteiger partial charge < -0.3 is 4.90 Å². The summed E-state index contributed by atoms with van der Waals surface area (Å²) in [6.45, 7) is 7.18. The summed E-state index contributed by atoms with van der Waals surface area (Å²) in [5.74, 6) is -0.0679. The second-order valence-electron chi connectivity index (χ2n) is 9.44. The van der Waals surface area contributed by atoms with Crippen LogP contribution in [0, 0.1) is 0 Å². The van der Waals surface area contributed by atoms with Gasteiger partial charge in [-0.15, -0.1) is 0 Å². The van der Waals surface area contributed by atoms with E-state index in [-0.39, 0.29) is 22.9 Å². The second kappa shape index (κ2) is 10.4. The van der Waals surface area contributed by atoms with Crippen LogP contribution >= 0.6 is 0 Å². The van der Waals surface area contributed by atoms with Gasteiger partial charge in [-0.1, -0.05) is 49.2 Å². The average Bonchev–Trinajstić information content (AvgIpc) is 3.34. The SMILES string of the molecule is CC(C)N(C(=O)c1cccc(S(=O)(=O)N2CCN(Cc3ccccc3)CC2)c1)C1CCCC1. The third kappa shape index (κ3) is 5.48. The minimum absolute atomic E-state index is 0.0679. The van der Waals surface area contributed by atoms with Gasteiger partial charge in [0, 0.05) is 50.4 Å². The summed E-state index contributed by atoms with van der Waals surface area (Å²) in [5.41, 5.74) is 1.69. The molecule has 1 aliphatic heterocycles. The third-order valence-electron chi connectivity index (χ3n) is 6.81. The van der Waals surface area contributed by atoms with Crippen molar-refractivity contribution in [3.63, 3.8) is 0 Å². The Labute approximate surface area is 198 Å². The monoisotopic (exact) mass is 469 g/mol. The van der Waals surface area contributed by atoms with Crippen LogP contribution in [0.5, 0.6) is 0 Å². The highest BCUT2D eigenvalue weighted by atomic mass is 32.2. The summed E-state index contributed by atoms with van der Waals surface area (Å²) in [5, 5.41) is 0. The first-order chi connectivity index (χ1) is 15.9. The van der Waals surface area contributed by atoms with E-state index in [4.69, 9.17) is 0 Å². The second-order valence-corrected chi connectivity index (χ2v) is 11.4. The van der Waals surface area contributed by atoms with E-state index in [2.05, 4.69) is 17.0 Å². The number of rotatable bonds is 7. The van der Waals surface area contributed by atoms with Gasteiger partial charge in [0.15, 0.2) is 0 Å². The number of carbonyl (C=O) groups excluding carboxylic acids is 1. The smallest absolute Gasteiger partial charge is 0.254 e. The lowest BCUT2D eigenvalue weighted by molar-refractivity contribution is 0.0613. The lowest BCUT2D eigenvalue weighted by atomic mass is 10.1. The molecule has 2 aromatic rings. The van der Waals surface area contributed by atoms with E-state index in [1.54, 1.807) is 28.6 Å². The van der Waals surface area contributed by atoms with Crippen molar-refractivity contribution in [3.05, 3.63) is 65.7 Å². The Morgan fingerprint density at radius 1 is 0.970 bits per heavy atom. The van der Waals surface area contributed by atoms with E-state index in [9.17, 15) is 13.2 Å². The van der Waals surface area contributed by atoms with E-state index in [0.717, 1.165) is 32.2 Å². The maximum Gasteiger partial charge on any atom is 0.254 e. The number of carbonyl (C=O) groups is 1. The van der Waals surface area contributed by atoms with E-state index in [0.29, 0.717) is 31.7 Å². The molecule has 0 N–H and O–H groups in total. The largest absolute Gasteiger partial charge is 0.333 e. The van der Waals surface area contributed by atoms with Crippen LogP contribution in [0.25, 0.3) is 0 Å². The summed E-state index contributed by atoms with van der Waals surface area (Å²) in [6.07, 6.45) is 4.34. The van der Waals surface area contributed by atoms with Gasteiger partial charge >= 0.3 is 0 Å². The summed E-state index contributed by atoms with van der Waals surface area (Å²) < 4.78 is 28.3. The Bertz CT molecular complexity index is 1040. The fraction of sp³-hybridized carbons (Fsp3) is 0.500. The van der Waals surface area contributed by atoms with Crippen molar-refractivity contribution in [2.45, 2.75) is 63.1 Å². The lowest BCUT2D eigenvalue weighted by Gasteiger charge is -2.34. The molecule has 1 saturated heterocycles. The van der Waals surface area contributed by atoms with Gasteiger partial charge in [0.25, 0.3) is 5.91 Å². The highest BCUT2D eigenvalue weighted by Crippen LogP contribution is 2.27. The molecule has 2 fully saturated rings. The van der Waals surface area contributed by atoms with Crippen molar-refractivity contribution in [1.29, 1.82) is 0 Å². The van der Waals surface area contributed by atoms with Crippen LogP contribution in [0.3, 0.4) is 0 Å². The summed E-state index contributed by atoms with van der Waals surface area (Å²) >= 11 is 0. The number of hydrogen-bond acceptors (Lipinski definition) is 4. The van der Waals surface area contributed by atoms with Crippen molar-refractivity contribution in [2.24, 2.45) is 0 Å². The predicted octanol–water partition coefficient (Wildman–Crippen LogP) is 3.99. The zero-order valence-electron chi connectivity index (χ0n) is 19.7. The number of benzene rings is 2. The number of sulfonamides is 1. The zero-order chi connectivity index (χ0) is 23.4. The lowest BCUT2D eigenvalue weighted by Crippen LogP contribution is -2.48. The molecule has 4 rings (SSSR count). The molecule has 0 aromatic heterocycles. The Morgan fingerprint density at radius 2 is 1.64 bits per heavy atom. The minimum Gasteiger partial charge on any atom is -0.333 e. The Hall–Kier alpha value is -2.22. The maximum absolute atomic E-state index is 13.4. The quantitative estimate of drug-likeness (QED) is 0.615. The molecular weight excluding hydrogens is 434 g/mol. The predicted molar refractivity (Wildman–Crippen MR) is 130 cm³/mol. The van der Waals surface area contributed by atoms with Crippen molar-refractivity contribution in [3.8, 4) is 0 Å². The van der Waals surface area contributed by atoms with Gasteiger partial charge in [-0.2, -0.15) is 4.31 Å². The van der Waals surface area contributed by atoms with Crippen LogP contribution < -0.4 is 0 Å². The molecule has 1 aliphatic carbocycles. The molecule has 0 spiro atoms. The van der Waals surface area contributed by atoms with Crippen molar-refractivity contribution in [1.82, 2.24) is 14.1 Å². The molecule has 2 aliphatic rings. The van der Waals surface area contributed by atoms with Crippen molar-refractivity contribution < 1.29 is 13.2 Å². The van der Waals surface area contributed by atoms with Gasteiger partial charge in [-0.3, -0.25) is 9.69 Å². The zero-order valence-corrected chi connectivity index (χ0v) is 20.5. The van der Waals surface area contributed by atoms with Gasteiger partial charge in [0.05, 0.1) is 4.90 Å². The summed E-state index contributed by atoms with van der Waals surface area (Å²) in [4.78, 5) is 17.8. The van der Waals surface area contributed by atoms with E-state index >= 15 is 0 Å². The van der Waals surface area contributed by atoms with Gasteiger partial charge in [0.2, 0.25) is 10.0 Å². The number of hydrogen-bond donors (Lipinski definition) is 0. The van der Waals surface area contributed by atoms with E-state index in [1.165, 1.54) is 5.56 Å². The number of amides is 1. The van der Waals surface area contributed by atoms with Crippen LogP contribution in [0.15, 0.2) is 59.5 Å². The normalized spacial score (nSPS) is 18.6. The van der Waals surface area contributed by atoms with Crippen molar-refractivity contribution in [2.75, 3.05) is 26.2 Å². The third-order valence-corrected chi connectivity index (χ3v) is 8.70. The van der Waals surface area contributed by atoms with Gasteiger partial charge in [-0.25, -0.2) is 8.42 Å². The molecule has 0 bridgehead atoms. The molecule has 0 atom stereocenters. The molecule has 178 valence electrons. The summed E-state index contributed by atoms with van der Waals surface area (Å²) in [6, 6.07) is 17.2.